The van der Waals surface area contributed by atoms with Crippen LogP contribution in [0.2, 0.25) is 0 Å². The van der Waals surface area contributed by atoms with Gasteiger partial charge in [-0.1, -0.05) is 18.2 Å². The van der Waals surface area contributed by atoms with Crippen molar-refractivity contribution in [3.05, 3.63) is 62.4 Å². The lowest BCUT2D eigenvalue weighted by atomic mass is 10.1. The largest absolute Gasteiger partial charge is 0.338 e. The standard InChI is InChI=1S/C16H18N4O3/c21-14-11(9-18-16(23)20-14)7-8-17-15(22)19-13-4-2-1-3-12(13)10-5-6-10/h1-4,9-10H,5-8H2,(H2,17,19,22)(H2,18,20,21,23). The van der Waals surface area contributed by atoms with E-state index in [1.54, 1.807) is 0 Å². The molecule has 2 amide bonds. The molecule has 1 heterocycles. The molecule has 23 heavy (non-hydrogen) atoms. The average molecular weight is 314 g/mol. The summed E-state index contributed by atoms with van der Waals surface area (Å²) in [6.07, 6.45) is 4.03. The van der Waals surface area contributed by atoms with Gasteiger partial charge in [0.05, 0.1) is 0 Å². The summed E-state index contributed by atoms with van der Waals surface area (Å²) in [5.41, 5.74) is 1.44. The van der Waals surface area contributed by atoms with Gasteiger partial charge in [-0.2, -0.15) is 0 Å². The van der Waals surface area contributed by atoms with Crippen LogP contribution in [-0.2, 0) is 6.42 Å². The number of aromatic amines is 2. The highest BCUT2D eigenvalue weighted by Gasteiger charge is 2.26. The van der Waals surface area contributed by atoms with Crippen LogP contribution in [0.5, 0.6) is 0 Å². The molecule has 4 N–H and O–H groups in total. The second-order valence-corrected chi connectivity index (χ2v) is 5.59. The van der Waals surface area contributed by atoms with Gasteiger partial charge in [0.1, 0.15) is 0 Å². The smallest absolute Gasteiger partial charge is 0.325 e. The van der Waals surface area contributed by atoms with E-state index in [4.69, 9.17) is 0 Å². The van der Waals surface area contributed by atoms with Crippen LogP contribution in [0, 0.1) is 0 Å². The SMILES string of the molecule is O=C(NCCc1c[nH]c(=O)[nH]c1=O)Nc1ccccc1C1CC1. The molecule has 0 atom stereocenters. The Balaban J connectivity index is 1.54. The monoisotopic (exact) mass is 314 g/mol. The van der Waals surface area contributed by atoms with Crippen molar-refractivity contribution >= 4 is 11.7 Å². The van der Waals surface area contributed by atoms with Crippen molar-refractivity contribution in [3.63, 3.8) is 0 Å². The minimum Gasteiger partial charge on any atom is -0.338 e. The van der Waals surface area contributed by atoms with Crippen LogP contribution in [0.1, 0.15) is 29.9 Å². The lowest BCUT2D eigenvalue weighted by Crippen LogP contribution is -2.32. The van der Waals surface area contributed by atoms with Crippen molar-refractivity contribution in [1.29, 1.82) is 0 Å². The zero-order valence-electron chi connectivity index (χ0n) is 12.5. The highest BCUT2D eigenvalue weighted by atomic mass is 16.2. The van der Waals surface area contributed by atoms with Crippen LogP contribution in [0.25, 0.3) is 0 Å². The maximum Gasteiger partial charge on any atom is 0.325 e. The molecule has 0 unspecified atom stereocenters. The molecular formula is C16H18N4O3. The lowest BCUT2D eigenvalue weighted by molar-refractivity contribution is 0.252. The summed E-state index contributed by atoms with van der Waals surface area (Å²) < 4.78 is 0. The van der Waals surface area contributed by atoms with Gasteiger partial charge in [-0.25, -0.2) is 9.59 Å². The normalized spacial score (nSPS) is 13.6. The molecule has 120 valence electrons. The van der Waals surface area contributed by atoms with Gasteiger partial charge in [0.15, 0.2) is 0 Å². The first-order chi connectivity index (χ1) is 11.1. The van der Waals surface area contributed by atoms with Crippen molar-refractivity contribution in [1.82, 2.24) is 15.3 Å². The van der Waals surface area contributed by atoms with E-state index < -0.39 is 11.2 Å². The van der Waals surface area contributed by atoms with Crippen LogP contribution in [0.15, 0.2) is 40.1 Å². The molecule has 7 nitrogen and oxygen atoms in total. The predicted octanol–water partition coefficient (Wildman–Crippen LogP) is 1.30. The summed E-state index contributed by atoms with van der Waals surface area (Å²) >= 11 is 0. The topological polar surface area (TPSA) is 107 Å². The summed E-state index contributed by atoms with van der Waals surface area (Å²) in [4.78, 5) is 39.0. The predicted molar refractivity (Wildman–Crippen MR) is 86.8 cm³/mol. The van der Waals surface area contributed by atoms with E-state index in [0.717, 1.165) is 18.5 Å². The highest BCUT2D eigenvalue weighted by Crippen LogP contribution is 2.43. The Morgan fingerprint density at radius 3 is 2.74 bits per heavy atom. The van der Waals surface area contributed by atoms with Gasteiger partial charge in [0.2, 0.25) is 0 Å². The summed E-state index contributed by atoms with van der Waals surface area (Å²) in [5, 5.41) is 5.56. The molecule has 0 aliphatic heterocycles. The van der Waals surface area contributed by atoms with E-state index in [1.165, 1.54) is 11.8 Å². The van der Waals surface area contributed by atoms with Gasteiger partial charge >= 0.3 is 11.7 Å². The number of benzene rings is 1. The average Bonchev–Trinajstić information content (AvgIpc) is 3.35. The van der Waals surface area contributed by atoms with Crippen LogP contribution >= 0.6 is 0 Å². The van der Waals surface area contributed by atoms with Crippen LogP contribution in [0.4, 0.5) is 10.5 Å². The molecular weight excluding hydrogens is 296 g/mol. The Morgan fingerprint density at radius 2 is 2.00 bits per heavy atom. The number of nitrogens with one attached hydrogen (secondary N) is 4. The molecule has 1 aromatic heterocycles. The third-order valence-corrected chi connectivity index (χ3v) is 3.80. The molecule has 1 saturated carbocycles. The number of carbonyl (C=O) groups is 1. The van der Waals surface area contributed by atoms with Gasteiger partial charge in [0, 0.05) is 24.0 Å². The Kier molecular flexibility index (Phi) is 4.27. The maximum atomic E-state index is 12.0. The number of H-pyrrole nitrogens is 2. The molecule has 1 aliphatic carbocycles. The summed E-state index contributed by atoms with van der Waals surface area (Å²) in [7, 11) is 0. The van der Waals surface area contributed by atoms with E-state index in [-0.39, 0.29) is 6.03 Å². The number of rotatable bonds is 5. The van der Waals surface area contributed by atoms with Crippen LogP contribution < -0.4 is 21.9 Å². The van der Waals surface area contributed by atoms with Crippen molar-refractivity contribution in [2.45, 2.75) is 25.2 Å². The number of para-hydroxylation sites is 1. The third kappa shape index (κ3) is 3.88. The first-order valence-corrected chi connectivity index (χ1v) is 7.58. The zero-order valence-corrected chi connectivity index (χ0v) is 12.5. The van der Waals surface area contributed by atoms with Crippen LogP contribution in [0.3, 0.4) is 0 Å². The highest BCUT2D eigenvalue weighted by molar-refractivity contribution is 5.90. The van der Waals surface area contributed by atoms with Gasteiger partial charge in [-0.15, -0.1) is 0 Å². The molecule has 7 heteroatoms. The van der Waals surface area contributed by atoms with Crippen molar-refractivity contribution in [2.24, 2.45) is 0 Å². The molecule has 3 rings (SSSR count). The Morgan fingerprint density at radius 1 is 1.22 bits per heavy atom. The van der Waals surface area contributed by atoms with Crippen molar-refractivity contribution < 1.29 is 4.79 Å². The quantitative estimate of drug-likeness (QED) is 0.668. The zero-order chi connectivity index (χ0) is 16.2. The fourth-order valence-corrected chi connectivity index (χ4v) is 2.46. The third-order valence-electron chi connectivity index (χ3n) is 3.80. The second kappa shape index (κ2) is 6.51. The summed E-state index contributed by atoms with van der Waals surface area (Å²) in [6, 6.07) is 7.48. The fraction of sp³-hybridized carbons (Fsp3) is 0.312. The Hall–Kier alpha value is -2.83. The number of amides is 2. The first kappa shape index (κ1) is 15.1. The molecule has 0 saturated heterocycles. The number of anilines is 1. The first-order valence-electron chi connectivity index (χ1n) is 7.58. The van der Waals surface area contributed by atoms with Gasteiger partial charge in [-0.05, 0) is 36.8 Å². The molecule has 0 spiro atoms. The van der Waals surface area contributed by atoms with Crippen molar-refractivity contribution in [3.8, 4) is 0 Å². The van der Waals surface area contributed by atoms with E-state index in [9.17, 15) is 14.4 Å². The molecule has 2 aromatic rings. The van der Waals surface area contributed by atoms with Gasteiger partial charge in [0.25, 0.3) is 5.56 Å². The molecule has 0 radical (unpaired) electrons. The fourth-order valence-electron chi connectivity index (χ4n) is 2.46. The van der Waals surface area contributed by atoms with E-state index in [0.29, 0.717) is 24.4 Å². The Labute approximate surface area is 132 Å². The number of hydrogen-bond donors (Lipinski definition) is 4. The van der Waals surface area contributed by atoms with Crippen molar-refractivity contribution in [2.75, 3.05) is 11.9 Å². The molecule has 1 aromatic carbocycles. The Bertz CT molecular complexity index is 820. The second-order valence-electron chi connectivity index (χ2n) is 5.59. The molecule has 0 bridgehead atoms. The lowest BCUT2D eigenvalue weighted by Gasteiger charge is -2.11. The minimum absolute atomic E-state index is 0.298. The number of aromatic nitrogens is 2. The number of urea groups is 1. The number of hydrogen-bond acceptors (Lipinski definition) is 3. The molecule has 1 fully saturated rings. The minimum atomic E-state index is -0.541. The van der Waals surface area contributed by atoms with E-state index in [2.05, 4.69) is 20.6 Å². The van der Waals surface area contributed by atoms with Gasteiger partial charge < -0.3 is 15.6 Å². The number of carbonyl (C=O) groups excluding carboxylic acids is 1. The summed E-state index contributed by atoms with van der Waals surface area (Å²) in [5.74, 6) is 0.547. The molecule has 1 aliphatic rings. The summed E-state index contributed by atoms with van der Waals surface area (Å²) in [6.45, 7) is 0.298. The van der Waals surface area contributed by atoms with E-state index >= 15 is 0 Å². The van der Waals surface area contributed by atoms with Crippen LogP contribution in [-0.4, -0.2) is 22.5 Å². The van der Waals surface area contributed by atoms with E-state index in [1.807, 2.05) is 24.3 Å². The van der Waals surface area contributed by atoms with Gasteiger partial charge in [-0.3, -0.25) is 9.78 Å². The maximum absolute atomic E-state index is 12.0.